The van der Waals surface area contributed by atoms with Gasteiger partial charge in [0.05, 0.1) is 6.26 Å². The van der Waals surface area contributed by atoms with Gasteiger partial charge in [-0.1, -0.05) is 18.2 Å². The van der Waals surface area contributed by atoms with Crippen LogP contribution < -0.4 is 0 Å². The first kappa shape index (κ1) is 14.1. The van der Waals surface area contributed by atoms with Gasteiger partial charge < -0.3 is 9.52 Å². The van der Waals surface area contributed by atoms with E-state index in [2.05, 4.69) is 11.0 Å². The van der Waals surface area contributed by atoms with Crippen molar-refractivity contribution < 1.29 is 14.3 Å². The molecule has 1 unspecified atom stereocenters. The van der Waals surface area contributed by atoms with Crippen molar-refractivity contribution in [2.45, 2.75) is 19.5 Å². The SMILES string of the molecule is CC(C(=O)O)N1CCN(Cc2coc3ccccc23)CC1. The van der Waals surface area contributed by atoms with E-state index in [-0.39, 0.29) is 0 Å². The molecular formula is C16H20N2O3. The molecule has 112 valence electrons. The Morgan fingerprint density at radius 2 is 2.00 bits per heavy atom. The van der Waals surface area contributed by atoms with Crippen LogP contribution in [0.15, 0.2) is 34.9 Å². The van der Waals surface area contributed by atoms with Gasteiger partial charge in [-0.05, 0) is 13.0 Å². The van der Waals surface area contributed by atoms with Crippen molar-refractivity contribution >= 4 is 16.9 Å². The second kappa shape index (κ2) is 5.87. The van der Waals surface area contributed by atoms with E-state index in [0.29, 0.717) is 0 Å². The van der Waals surface area contributed by atoms with Crippen LogP contribution in [0.2, 0.25) is 0 Å². The second-order valence-corrected chi connectivity index (χ2v) is 5.58. The zero-order valence-electron chi connectivity index (χ0n) is 12.2. The topological polar surface area (TPSA) is 56.9 Å². The minimum atomic E-state index is -0.746. The van der Waals surface area contributed by atoms with Crippen molar-refractivity contribution in [3.05, 3.63) is 36.1 Å². The average molecular weight is 288 g/mol. The Hall–Kier alpha value is -1.85. The van der Waals surface area contributed by atoms with Gasteiger partial charge in [-0.15, -0.1) is 0 Å². The van der Waals surface area contributed by atoms with Crippen LogP contribution in [0.3, 0.4) is 0 Å². The van der Waals surface area contributed by atoms with Crippen molar-refractivity contribution in [2.24, 2.45) is 0 Å². The van der Waals surface area contributed by atoms with Crippen LogP contribution in [0.1, 0.15) is 12.5 Å². The normalized spacial score (nSPS) is 18.9. The van der Waals surface area contributed by atoms with Crippen molar-refractivity contribution in [1.29, 1.82) is 0 Å². The van der Waals surface area contributed by atoms with Crippen molar-refractivity contribution in [3.8, 4) is 0 Å². The summed E-state index contributed by atoms with van der Waals surface area (Å²) in [6, 6.07) is 7.65. The fraction of sp³-hybridized carbons (Fsp3) is 0.438. The summed E-state index contributed by atoms with van der Waals surface area (Å²) in [5.74, 6) is -0.746. The van der Waals surface area contributed by atoms with Crippen molar-refractivity contribution in [3.63, 3.8) is 0 Å². The van der Waals surface area contributed by atoms with Gasteiger partial charge in [0.1, 0.15) is 11.6 Å². The number of para-hydroxylation sites is 1. The number of aliphatic carboxylic acids is 1. The third-order valence-electron chi connectivity index (χ3n) is 4.27. The summed E-state index contributed by atoms with van der Waals surface area (Å²) in [4.78, 5) is 15.4. The minimum absolute atomic E-state index is 0.401. The Balaban J connectivity index is 1.62. The van der Waals surface area contributed by atoms with Gasteiger partial charge >= 0.3 is 5.97 Å². The maximum Gasteiger partial charge on any atom is 0.320 e. The first-order valence-electron chi connectivity index (χ1n) is 7.29. The molecule has 2 aromatic rings. The molecule has 0 spiro atoms. The summed E-state index contributed by atoms with van der Waals surface area (Å²) in [5, 5.41) is 10.2. The first-order chi connectivity index (χ1) is 10.1. The molecule has 21 heavy (non-hydrogen) atoms. The fourth-order valence-electron chi connectivity index (χ4n) is 2.86. The molecule has 1 aliphatic heterocycles. The molecule has 0 saturated carbocycles. The lowest BCUT2D eigenvalue weighted by Gasteiger charge is -2.36. The number of piperazine rings is 1. The number of furan rings is 1. The minimum Gasteiger partial charge on any atom is -0.480 e. The molecule has 1 N–H and O–H groups in total. The highest BCUT2D eigenvalue weighted by molar-refractivity contribution is 5.80. The van der Waals surface area contributed by atoms with Crippen molar-refractivity contribution in [2.75, 3.05) is 26.2 Å². The number of benzene rings is 1. The van der Waals surface area contributed by atoms with Crippen LogP contribution in [-0.2, 0) is 11.3 Å². The Morgan fingerprint density at radius 3 is 2.71 bits per heavy atom. The summed E-state index contributed by atoms with van der Waals surface area (Å²) in [5.41, 5.74) is 2.12. The molecule has 0 bridgehead atoms. The van der Waals surface area contributed by atoms with Gasteiger partial charge in [0.2, 0.25) is 0 Å². The number of nitrogens with zero attached hydrogens (tertiary/aromatic N) is 2. The Morgan fingerprint density at radius 1 is 1.29 bits per heavy atom. The highest BCUT2D eigenvalue weighted by Crippen LogP contribution is 2.22. The van der Waals surface area contributed by atoms with Crippen LogP contribution in [-0.4, -0.2) is 53.1 Å². The molecule has 1 saturated heterocycles. The zero-order chi connectivity index (χ0) is 14.8. The summed E-state index contributed by atoms with van der Waals surface area (Å²) < 4.78 is 5.57. The molecule has 2 heterocycles. The number of hydrogen-bond donors (Lipinski definition) is 1. The standard InChI is InChI=1S/C16H20N2O3/c1-12(16(19)20)18-8-6-17(7-9-18)10-13-11-21-15-5-3-2-4-14(13)15/h2-5,11-12H,6-10H2,1H3,(H,19,20). The third-order valence-corrected chi connectivity index (χ3v) is 4.27. The quantitative estimate of drug-likeness (QED) is 0.933. The molecular weight excluding hydrogens is 268 g/mol. The van der Waals surface area contributed by atoms with Gasteiger partial charge in [0.25, 0.3) is 0 Å². The van der Waals surface area contributed by atoms with E-state index in [1.54, 1.807) is 6.92 Å². The van der Waals surface area contributed by atoms with Crippen LogP contribution >= 0.6 is 0 Å². The van der Waals surface area contributed by atoms with Gasteiger partial charge in [-0.3, -0.25) is 14.6 Å². The van der Waals surface area contributed by atoms with Crippen molar-refractivity contribution in [1.82, 2.24) is 9.80 Å². The lowest BCUT2D eigenvalue weighted by atomic mass is 10.1. The Kier molecular flexibility index (Phi) is 3.94. The number of hydrogen-bond acceptors (Lipinski definition) is 4. The highest BCUT2D eigenvalue weighted by atomic mass is 16.4. The number of carboxylic acid groups (broad SMARTS) is 1. The smallest absolute Gasteiger partial charge is 0.320 e. The molecule has 5 heteroatoms. The van der Waals surface area contributed by atoms with E-state index in [0.717, 1.165) is 38.3 Å². The highest BCUT2D eigenvalue weighted by Gasteiger charge is 2.25. The molecule has 1 atom stereocenters. The Bertz CT molecular complexity index is 629. The summed E-state index contributed by atoms with van der Waals surface area (Å²) in [6.45, 7) is 5.97. The summed E-state index contributed by atoms with van der Waals surface area (Å²) in [7, 11) is 0. The van der Waals surface area contributed by atoms with Gasteiger partial charge in [-0.25, -0.2) is 0 Å². The molecule has 0 amide bonds. The van der Waals surface area contributed by atoms with E-state index in [1.807, 2.05) is 29.4 Å². The predicted octanol–water partition coefficient (Wildman–Crippen LogP) is 2.02. The van der Waals surface area contributed by atoms with Gasteiger partial charge in [-0.2, -0.15) is 0 Å². The fourth-order valence-corrected chi connectivity index (χ4v) is 2.86. The summed E-state index contributed by atoms with van der Waals surface area (Å²) >= 11 is 0. The van der Waals surface area contributed by atoms with Gasteiger partial charge in [0, 0.05) is 43.7 Å². The number of carboxylic acids is 1. The van der Waals surface area contributed by atoms with E-state index in [1.165, 1.54) is 10.9 Å². The molecule has 3 rings (SSSR count). The molecule has 1 aromatic carbocycles. The lowest BCUT2D eigenvalue weighted by Crippen LogP contribution is -2.51. The monoisotopic (exact) mass is 288 g/mol. The molecule has 1 aliphatic rings. The van der Waals surface area contributed by atoms with Crippen LogP contribution in [0.5, 0.6) is 0 Å². The maximum atomic E-state index is 11.0. The van der Waals surface area contributed by atoms with Gasteiger partial charge in [0.15, 0.2) is 0 Å². The number of carbonyl (C=O) groups is 1. The molecule has 1 fully saturated rings. The number of rotatable bonds is 4. The molecule has 0 radical (unpaired) electrons. The van der Waals surface area contributed by atoms with E-state index in [9.17, 15) is 4.79 Å². The van der Waals surface area contributed by atoms with E-state index >= 15 is 0 Å². The van der Waals surface area contributed by atoms with Crippen LogP contribution in [0.4, 0.5) is 0 Å². The van der Waals surface area contributed by atoms with E-state index in [4.69, 9.17) is 9.52 Å². The van der Waals surface area contributed by atoms with Crippen LogP contribution in [0.25, 0.3) is 11.0 Å². The molecule has 0 aliphatic carbocycles. The average Bonchev–Trinajstić information content (AvgIpc) is 2.91. The first-order valence-corrected chi connectivity index (χ1v) is 7.29. The predicted molar refractivity (Wildman–Crippen MR) is 80.2 cm³/mol. The zero-order valence-corrected chi connectivity index (χ0v) is 12.2. The largest absolute Gasteiger partial charge is 0.480 e. The lowest BCUT2D eigenvalue weighted by molar-refractivity contribution is -0.143. The van der Waals surface area contributed by atoms with E-state index < -0.39 is 12.0 Å². The molecule has 1 aromatic heterocycles. The molecule has 5 nitrogen and oxygen atoms in total. The third kappa shape index (κ3) is 2.94. The Labute approximate surface area is 123 Å². The number of fused-ring (bicyclic) bond motifs is 1. The second-order valence-electron chi connectivity index (χ2n) is 5.58. The van der Waals surface area contributed by atoms with Crippen LogP contribution in [0, 0.1) is 0 Å². The maximum absolute atomic E-state index is 11.0. The summed E-state index contributed by atoms with van der Waals surface area (Å²) in [6.07, 6.45) is 1.83.